The molecule has 0 bridgehead atoms. The van der Waals surface area contributed by atoms with E-state index in [0.717, 1.165) is 37.4 Å². The van der Waals surface area contributed by atoms with Gasteiger partial charge in [0.1, 0.15) is 17.1 Å². The highest BCUT2D eigenvalue weighted by molar-refractivity contribution is 6.40. The number of nitrogens with one attached hydrogen (secondary N) is 1. The minimum atomic E-state index is -0.260. The first-order valence-corrected chi connectivity index (χ1v) is 11.9. The van der Waals surface area contributed by atoms with E-state index in [2.05, 4.69) is 39.3 Å². The summed E-state index contributed by atoms with van der Waals surface area (Å²) in [5.41, 5.74) is 3.83. The molecule has 0 aliphatic carbocycles. The van der Waals surface area contributed by atoms with Crippen molar-refractivity contribution < 1.29 is 9.53 Å². The molecule has 0 unspecified atom stereocenters. The summed E-state index contributed by atoms with van der Waals surface area (Å²) in [5, 5.41) is 4.09. The zero-order valence-electron chi connectivity index (χ0n) is 19.0. The fraction of sp³-hybridized carbons (Fsp3) is 0.280. The molecule has 2 aliphatic rings. The molecule has 3 aromatic rings. The second-order valence-corrected chi connectivity index (χ2v) is 9.43. The van der Waals surface area contributed by atoms with E-state index in [1.807, 2.05) is 19.1 Å². The number of hydrogen-bond donors (Lipinski definition) is 1. The Morgan fingerprint density at radius 1 is 1.00 bits per heavy atom. The molecule has 1 aromatic heterocycles. The standard InChI is InChI=1S/C25H25Cl2N5O2/c1-16-11-20(26)24(21(27)12-16)32-15-34-22-13-23(28-14-19(22)25(32)33)29-17-3-5-18(6-4-17)31-9-7-30(2)8-10-31/h3-6,11-14H,7-10,15H2,1-2H3,(H,28,29). The van der Waals surface area contributed by atoms with Crippen LogP contribution in [-0.2, 0) is 0 Å². The quantitative estimate of drug-likeness (QED) is 0.535. The van der Waals surface area contributed by atoms with E-state index >= 15 is 0 Å². The molecule has 0 spiro atoms. The van der Waals surface area contributed by atoms with E-state index in [9.17, 15) is 4.79 Å². The van der Waals surface area contributed by atoms with E-state index in [1.165, 1.54) is 16.8 Å². The van der Waals surface area contributed by atoms with Gasteiger partial charge in [-0.05, 0) is 55.9 Å². The third-order valence-corrected chi connectivity index (χ3v) is 6.71. The third kappa shape index (κ3) is 4.51. The number of halogens is 2. The van der Waals surface area contributed by atoms with Crippen LogP contribution in [0.1, 0.15) is 15.9 Å². The molecule has 9 heteroatoms. The van der Waals surface area contributed by atoms with Crippen LogP contribution in [-0.4, -0.2) is 55.7 Å². The van der Waals surface area contributed by atoms with Crippen molar-refractivity contribution in [2.24, 2.45) is 0 Å². The summed E-state index contributed by atoms with van der Waals surface area (Å²) in [6.07, 6.45) is 1.51. The average molecular weight is 498 g/mol. The predicted octanol–water partition coefficient (Wildman–Crippen LogP) is 5.19. The Hall–Kier alpha value is -3.00. The first-order chi connectivity index (χ1) is 16.4. The van der Waals surface area contributed by atoms with Gasteiger partial charge in [0.2, 0.25) is 0 Å². The van der Waals surface area contributed by atoms with Gasteiger partial charge >= 0.3 is 0 Å². The van der Waals surface area contributed by atoms with Crippen molar-refractivity contribution in [2.45, 2.75) is 6.92 Å². The molecule has 2 aliphatic heterocycles. The minimum absolute atomic E-state index is 0.0114. The molecule has 2 aromatic carbocycles. The maximum Gasteiger partial charge on any atom is 0.266 e. The molecular weight excluding hydrogens is 473 g/mol. The lowest BCUT2D eigenvalue weighted by atomic mass is 10.1. The number of likely N-dealkylation sites (N-methyl/N-ethyl adjacent to an activating group) is 1. The van der Waals surface area contributed by atoms with Crippen molar-refractivity contribution in [3.05, 3.63) is 69.8 Å². The van der Waals surface area contributed by atoms with Gasteiger partial charge in [-0.3, -0.25) is 9.69 Å². The first-order valence-electron chi connectivity index (χ1n) is 11.1. The number of carbonyl (C=O) groups is 1. The number of rotatable bonds is 4. The van der Waals surface area contributed by atoms with Crippen LogP contribution in [0.5, 0.6) is 5.75 Å². The number of ether oxygens (including phenoxy) is 1. The maximum absolute atomic E-state index is 13.1. The highest BCUT2D eigenvalue weighted by Crippen LogP contribution is 2.38. The summed E-state index contributed by atoms with van der Waals surface area (Å²) >= 11 is 12.8. The van der Waals surface area contributed by atoms with Crippen molar-refractivity contribution in [1.82, 2.24) is 9.88 Å². The fourth-order valence-corrected chi connectivity index (χ4v) is 5.01. The van der Waals surface area contributed by atoms with Gasteiger partial charge in [-0.2, -0.15) is 0 Å². The lowest BCUT2D eigenvalue weighted by Gasteiger charge is -2.34. The first kappa shape index (κ1) is 22.8. The molecule has 176 valence electrons. The summed E-state index contributed by atoms with van der Waals surface area (Å²) < 4.78 is 5.88. The third-order valence-electron chi connectivity index (χ3n) is 6.13. The number of aromatic nitrogens is 1. The van der Waals surface area contributed by atoms with Crippen LogP contribution in [0.15, 0.2) is 48.7 Å². The van der Waals surface area contributed by atoms with Crippen LogP contribution in [0.4, 0.5) is 22.9 Å². The Labute approximate surface area is 208 Å². The molecule has 1 fully saturated rings. The Morgan fingerprint density at radius 2 is 1.68 bits per heavy atom. The summed E-state index contributed by atoms with van der Waals surface area (Å²) in [4.78, 5) is 23.7. The largest absolute Gasteiger partial charge is 0.472 e. The van der Waals surface area contributed by atoms with Crippen LogP contribution in [0, 0.1) is 6.92 Å². The van der Waals surface area contributed by atoms with Crippen LogP contribution in [0.2, 0.25) is 10.0 Å². The molecular formula is C25H25Cl2N5O2. The van der Waals surface area contributed by atoms with Crippen molar-refractivity contribution >= 4 is 52.0 Å². The Kier molecular flexibility index (Phi) is 6.25. The Morgan fingerprint density at radius 3 is 2.35 bits per heavy atom. The maximum atomic E-state index is 13.1. The van der Waals surface area contributed by atoms with Crippen LogP contribution in [0.3, 0.4) is 0 Å². The molecule has 0 radical (unpaired) electrons. The van der Waals surface area contributed by atoms with E-state index in [1.54, 1.807) is 18.2 Å². The summed E-state index contributed by atoms with van der Waals surface area (Å²) in [7, 11) is 2.15. The fourth-order valence-electron chi connectivity index (χ4n) is 4.21. The number of carbonyl (C=O) groups excluding carboxylic acids is 1. The SMILES string of the molecule is Cc1cc(Cl)c(N2COc3cc(Nc4ccc(N5CCN(C)CC5)cc4)ncc3C2=O)c(Cl)c1. The Balaban J connectivity index is 1.31. The van der Waals surface area contributed by atoms with Crippen LogP contribution in [0.25, 0.3) is 0 Å². The van der Waals surface area contributed by atoms with E-state index in [0.29, 0.717) is 32.9 Å². The second kappa shape index (κ2) is 9.33. The summed E-state index contributed by atoms with van der Waals surface area (Å²) in [5.74, 6) is 0.801. The number of hydrogen-bond acceptors (Lipinski definition) is 6. The van der Waals surface area contributed by atoms with Gasteiger partial charge < -0.3 is 19.9 Å². The van der Waals surface area contributed by atoms with Crippen molar-refractivity contribution in [3.63, 3.8) is 0 Å². The van der Waals surface area contributed by atoms with Gasteiger partial charge in [0.05, 0.1) is 15.7 Å². The second-order valence-electron chi connectivity index (χ2n) is 8.61. The number of nitrogens with zero attached hydrogens (tertiary/aromatic N) is 4. The molecule has 1 saturated heterocycles. The highest BCUT2D eigenvalue weighted by atomic mass is 35.5. The monoisotopic (exact) mass is 497 g/mol. The average Bonchev–Trinajstić information content (AvgIpc) is 2.81. The Bertz CT molecular complexity index is 1200. The zero-order valence-corrected chi connectivity index (χ0v) is 20.5. The van der Waals surface area contributed by atoms with Crippen molar-refractivity contribution in [2.75, 3.05) is 55.1 Å². The van der Waals surface area contributed by atoms with Crippen LogP contribution >= 0.6 is 23.2 Å². The van der Waals surface area contributed by atoms with Gasteiger partial charge in [-0.15, -0.1) is 0 Å². The number of benzene rings is 2. The molecule has 0 atom stereocenters. The highest BCUT2D eigenvalue weighted by Gasteiger charge is 2.30. The van der Waals surface area contributed by atoms with Crippen LogP contribution < -0.4 is 19.9 Å². The van der Waals surface area contributed by atoms with E-state index in [-0.39, 0.29) is 12.6 Å². The molecule has 34 heavy (non-hydrogen) atoms. The summed E-state index contributed by atoms with van der Waals surface area (Å²) in [6, 6.07) is 13.6. The smallest absolute Gasteiger partial charge is 0.266 e. The number of fused-ring (bicyclic) bond motifs is 1. The van der Waals surface area contributed by atoms with Crippen molar-refractivity contribution in [3.8, 4) is 5.75 Å². The normalized spacial score (nSPS) is 16.3. The van der Waals surface area contributed by atoms with Gasteiger partial charge in [-0.25, -0.2) is 4.98 Å². The topological polar surface area (TPSA) is 60.9 Å². The molecule has 0 saturated carbocycles. The predicted molar refractivity (Wildman–Crippen MR) is 137 cm³/mol. The van der Waals surface area contributed by atoms with Gasteiger partial charge in [0, 0.05) is 49.8 Å². The number of aryl methyl sites for hydroxylation is 1. The number of amides is 1. The van der Waals surface area contributed by atoms with E-state index in [4.69, 9.17) is 27.9 Å². The van der Waals surface area contributed by atoms with E-state index < -0.39 is 0 Å². The van der Waals surface area contributed by atoms with Gasteiger partial charge in [-0.1, -0.05) is 23.2 Å². The molecule has 7 nitrogen and oxygen atoms in total. The molecule has 1 N–H and O–H groups in total. The lowest BCUT2D eigenvalue weighted by molar-refractivity contribution is 0.0936. The number of piperazine rings is 1. The minimum Gasteiger partial charge on any atom is -0.472 e. The lowest BCUT2D eigenvalue weighted by Crippen LogP contribution is -2.44. The molecule has 1 amide bonds. The molecule has 5 rings (SSSR count). The van der Waals surface area contributed by atoms with Gasteiger partial charge in [0.25, 0.3) is 5.91 Å². The number of anilines is 4. The molecule has 3 heterocycles. The van der Waals surface area contributed by atoms with Gasteiger partial charge in [0.15, 0.2) is 6.73 Å². The zero-order chi connectivity index (χ0) is 23.8. The number of pyridine rings is 1. The summed E-state index contributed by atoms with van der Waals surface area (Å²) in [6.45, 7) is 6.09. The van der Waals surface area contributed by atoms with Crippen molar-refractivity contribution in [1.29, 1.82) is 0 Å².